The first-order chi connectivity index (χ1) is 7.65. The summed E-state index contributed by atoms with van der Waals surface area (Å²) in [7, 11) is 0. The quantitative estimate of drug-likeness (QED) is 0.461. The number of nitrogens with zero attached hydrogens (tertiary/aromatic N) is 1. The molecule has 0 spiro atoms. The molecule has 1 heterocycles. The lowest BCUT2D eigenvalue weighted by Crippen LogP contribution is -2.07. The molecular weight excluding hydrogens is 249 g/mol. The Morgan fingerprint density at radius 3 is 2.81 bits per heavy atom. The molecule has 1 aromatic rings. The highest BCUT2D eigenvalue weighted by Crippen LogP contribution is 2.20. The first-order valence-electron chi connectivity index (χ1n) is 5.13. The molecule has 0 radical (unpaired) electrons. The lowest BCUT2D eigenvalue weighted by atomic mass is 10.2. The van der Waals surface area contributed by atoms with Crippen LogP contribution in [0.3, 0.4) is 0 Å². The van der Waals surface area contributed by atoms with E-state index in [4.69, 9.17) is 27.9 Å². The Hall–Kier alpha value is -0.800. The van der Waals surface area contributed by atoms with Crippen LogP contribution in [0, 0.1) is 0 Å². The largest absolute Gasteiger partial charge is 0.462 e. The molecule has 5 heteroatoms. The minimum Gasteiger partial charge on any atom is -0.462 e. The van der Waals surface area contributed by atoms with E-state index in [9.17, 15) is 4.79 Å². The molecule has 88 valence electrons. The van der Waals surface area contributed by atoms with Gasteiger partial charge in [0.05, 0.1) is 17.2 Å². The van der Waals surface area contributed by atoms with Crippen LogP contribution >= 0.6 is 23.2 Å². The van der Waals surface area contributed by atoms with Crippen molar-refractivity contribution >= 4 is 29.2 Å². The van der Waals surface area contributed by atoms with Gasteiger partial charge in [0.25, 0.3) is 0 Å². The van der Waals surface area contributed by atoms with Crippen molar-refractivity contribution in [2.24, 2.45) is 0 Å². The molecule has 0 saturated carbocycles. The summed E-state index contributed by atoms with van der Waals surface area (Å²) in [6.07, 6.45) is 4.37. The van der Waals surface area contributed by atoms with Crippen molar-refractivity contribution in [3.63, 3.8) is 0 Å². The number of rotatable bonds is 5. The van der Waals surface area contributed by atoms with Gasteiger partial charge in [-0.3, -0.25) is 0 Å². The number of aromatic nitrogens is 1. The summed E-state index contributed by atoms with van der Waals surface area (Å²) < 4.78 is 5.04. The molecule has 16 heavy (non-hydrogen) atoms. The molecule has 0 N–H and O–H groups in total. The first kappa shape index (κ1) is 13.3. The topological polar surface area (TPSA) is 39.2 Å². The number of pyridine rings is 1. The third kappa shape index (κ3) is 3.99. The molecule has 0 saturated heterocycles. The monoisotopic (exact) mass is 261 g/mol. The van der Waals surface area contributed by atoms with E-state index in [1.54, 1.807) is 0 Å². The number of carbonyl (C=O) groups excluding carboxylic acids is 1. The number of carbonyl (C=O) groups is 1. The van der Waals surface area contributed by atoms with Gasteiger partial charge in [-0.2, -0.15) is 0 Å². The van der Waals surface area contributed by atoms with Crippen LogP contribution in [0.15, 0.2) is 12.3 Å². The smallest absolute Gasteiger partial charge is 0.339 e. The highest BCUT2D eigenvalue weighted by Gasteiger charge is 2.09. The van der Waals surface area contributed by atoms with Crippen molar-refractivity contribution in [3.05, 3.63) is 28.0 Å². The molecule has 3 nitrogen and oxygen atoms in total. The second kappa shape index (κ2) is 6.71. The molecule has 0 amide bonds. The summed E-state index contributed by atoms with van der Waals surface area (Å²) in [5.74, 6) is -0.415. The number of hydrogen-bond acceptors (Lipinski definition) is 3. The van der Waals surface area contributed by atoms with E-state index in [2.05, 4.69) is 11.9 Å². The SMILES string of the molecule is CCCCCOC(=O)c1cnc(Cl)c(Cl)c1. The molecule has 0 aliphatic rings. The van der Waals surface area contributed by atoms with Gasteiger partial charge in [0.15, 0.2) is 0 Å². The van der Waals surface area contributed by atoms with Crippen molar-refractivity contribution in [2.45, 2.75) is 26.2 Å². The Morgan fingerprint density at radius 1 is 1.44 bits per heavy atom. The third-order valence-electron chi connectivity index (χ3n) is 2.01. The Kier molecular flexibility index (Phi) is 5.56. The van der Waals surface area contributed by atoms with Crippen molar-refractivity contribution in [1.29, 1.82) is 0 Å². The van der Waals surface area contributed by atoms with E-state index < -0.39 is 5.97 Å². The number of hydrogen-bond donors (Lipinski definition) is 0. The maximum absolute atomic E-state index is 11.5. The molecule has 0 aliphatic heterocycles. The van der Waals surface area contributed by atoms with Gasteiger partial charge in [0.1, 0.15) is 5.15 Å². The zero-order valence-electron chi connectivity index (χ0n) is 9.00. The molecule has 0 fully saturated rings. The van der Waals surface area contributed by atoms with E-state index in [0.29, 0.717) is 12.2 Å². The molecular formula is C11H13Cl2NO2. The number of esters is 1. The minimum atomic E-state index is -0.415. The summed E-state index contributed by atoms with van der Waals surface area (Å²) in [6, 6.07) is 1.46. The second-order valence-corrected chi connectivity index (χ2v) is 4.10. The van der Waals surface area contributed by atoms with Crippen molar-refractivity contribution < 1.29 is 9.53 Å². The van der Waals surface area contributed by atoms with Crippen LogP contribution in [-0.4, -0.2) is 17.6 Å². The van der Waals surface area contributed by atoms with Gasteiger partial charge in [-0.25, -0.2) is 9.78 Å². The van der Waals surface area contributed by atoms with Gasteiger partial charge in [-0.05, 0) is 12.5 Å². The van der Waals surface area contributed by atoms with E-state index in [-0.39, 0.29) is 10.2 Å². The van der Waals surface area contributed by atoms with Crippen LogP contribution in [0.2, 0.25) is 10.2 Å². The van der Waals surface area contributed by atoms with Crippen molar-refractivity contribution in [3.8, 4) is 0 Å². The van der Waals surface area contributed by atoms with Crippen LogP contribution in [0.25, 0.3) is 0 Å². The summed E-state index contributed by atoms with van der Waals surface area (Å²) in [6.45, 7) is 2.51. The highest BCUT2D eigenvalue weighted by molar-refractivity contribution is 6.41. The van der Waals surface area contributed by atoms with E-state index in [1.807, 2.05) is 0 Å². The van der Waals surface area contributed by atoms with Crippen molar-refractivity contribution in [2.75, 3.05) is 6.61 Å². The predicted octanol–water partition coefficient (Wildman–Crippen LogP) is 3.74. The lowest BCUT2D eigenvalue weighted by molar-refractivity contribution is 0.0497. The van der Waals surface area contributed by atoms with Gasteiger partial charge >= 0.3 is 5.97 Å². The summed E-state index contributed by atoms with van der Waals surface area (Å²) in [5, 5.41) is 0.439. The zero-order chi connectivity index (χ0) is 12.0. The van der Waals surface area contributed by atoms with E-state index in [0.717, 1.165) is 19.3 Å². The molecule has 0 atom stereocenters. The normalized spacial score (nSPS) is 10.2. The van der Waals surface area contributed by atoms with Crippen LogP contribution in [0.5, 0.6) is 0 Å². The molecule has 0 aromatic carbocycles. The summed E-state index contributed by atoms with van der Waals surface area (Å²) in [4.78, 5) is 15.3. The van der Waals surface area contributed by atoms with Crippen LogP contribution in [0.4, 0.5) is 0 Å². The average Bonchev–Trinajstić information content (AvgIpc) is 2.28. The molecule has 0 aliphatic carbocycles. The summed E-state index contributed by atoms with van der Waals surface area (Å²) >= 11 is 11.4. The van der Waals surface area contributed by atoms with Gasteiger partial charge < -0.3 is 4.74 Å². The fourth-order valence-corrected chi connectivity index (χ4v) is 1.40. The molecule has 1 aromatic heterocycles. The molecule has 0 unspecified atom stereocenters. The lowest BCUT2D eigenvalue weighted by Gasteiger charge is -2.04. The average molecular weight is 262 g/mol. The van der Waals surface area contributed by atoms with Gasteiger partial charge in [-0.15, -0.1) is 0 Å². The third-order valence-corrected chi connectivity index (χ3v) is 2.70. The first-order valence-corrected chi connectivity index (χ1v) is 5.89. The number of halogens is 2. The molecule has 0 bridgehead atoms. The molecule has 1 rings (SSSR count). The Morgan fingerprint density at radius 2 is 2.19 bits per heavy atom. The van der Waals surface area contributed by atoms with Crippen molar-refractivity contribution in [1.82, 2.24) is 4.98 Å². The van der Waals surface area contributed by atoms with Crippen LogP contribution in [-0.2, 0) is 4.74 Å². The number of unbranched alkanes of at least 4 members (excludes halogenated alkanes) is 2. The maximum Gasteiger partial charge on any atom is 0.339 e. The van der Waals surface area contributed by atoms with E-state index >= 15 is 0 Å². The maximum atomic E-state index is 11.5. The standard InChI is InChI=1S/C11H13Cl2NO2/c1-2-3-4-5-16-11(15)8-6-9(12)10(13)14-7-8/h6-7H,2-5H2,1H3. The Balaban J connectivity index is 2.50. The summed E-state index contributed by atoms with van der Waals surface area (Å²) in [5.41, 5.74) is 0.325. The van der Waals surface area contributed by atoms with Gasteiger partial charge in [-0.1, -0.05) is 43.0 Å². The Bertz CT molecular complexity index is 369. The van der Waals surface area contributed by atoms with Crippen LogP contribution in [0.1, 0.15) is 36.5 Å². The van der Waals surface area contributed by atoms with Gasteiger partial charge in [0.2, 0.25) is 0 Å². The Labute approximate surface area is 105 Å². The minimum absolute atomic E-state index is 0.184. The predicted molar refractivity (Wildman–Crippen MR) is 64.1 cm³/mol. The fraction of sp³-hybridized carbons (Fsp3) is 0.455. The van der Waals surface area contributed by atoms with Crippen LogP contribution < -0.4 is 0 Å². The van der Waals surface area contributed by atoms with E-state index in [1.165, 1.54) is 12.3 Å². The zero-order valence-corrected chi connectivity index (χ0v) is 10.5. The fourth-order valence-electron chi connectivity index (χ4n) is 1.13. The second-order valence-electron chi connectivity index (χ2n) is 3.34. The number of ether oxygens (including phenoxy) is 1. The highest BCUT2D eigenvalue weighted by atomic mass is 35.5. The van der Waals surface area contributed by atoms with Gasteiger partial charge in [0, 0.05) is 6.20 Å².